The van der Waals surface area contributed by atoms with Crippen molar-refractivity contribution < 1.29 is 9.18 Å². The van der Waals surface area contributed by atoms with Crippen molar-refractivity contribution in [3.05, 3.63) is 82.1 Å². The number of aromatic nitrogens is 1. The largest absolute Gasteiger partial charge is 0.366 e. The average molecular weight is 397 g/mol. The van der Waals surface area contributed by atoms with Crippen molar-refractivity contribution in [1.82, 2.24) is 4.57 Å². The van der Waals surface area contributed by atoms with Crippen LogP contribution >= 0.6 is 15.9 Å². The number of nitrogens with zero attached hydrogens (tertiary/aromatic N) is 1. The fourth-order valence-electron chi connectivity index (χ4n) is 3.31. The smallest absolute Gasteiger partial charge is 0.249 e. The van der Waals surface area contributed by atoms with Crippen LogP contribution in [-0.4, -0.2) is 10.5 Å². The summed E-state index contributed by atoms with van der Waals surface area (Å²) in [5, 5.41) is 1.58. The van der Waals surface area contributed by atoms with E-state index in [2.05, 4.69) is 15.9 Å². The predicted molar refractivity (Wildman–Crippen MR) is 101 cm³/mol. The summed E-state index contributed by atoms with van der Waals surface area (Å²) in [7, 11) is 0. The molecule has 2 N–H and O–H groups in total. The SMILES string of the molecule is NC(=O)c1cccc2c1c1ccc(F)cc1n2Cc1cccc(Br)c1. The van der Waals surface area contributed by atoms with E-state index in [-0.39, 0.29) is 5.82 Å². The third-order valence-electron chi connectivity index (χ3n) is 4.35. The number of nitrogens with two attached hydrogens (primary N) is 1. The molecule has 0 aliphatic heterocycles. The van der Waals surface area contributed by atoms with Gasteiger partial charge in [-0.3, -0.25) is 4.79 Å². The van der Waals surface area contributed by atoms with Crippen LogP contribution in [0.5, 0.6) is 0 Å². The van der Waals surface area contributed by atoms with Crippen LogP contribution in [0.15, 0.2) is 65.1 Å². The molecular weight excluding hydrogens is 383 g/mol. The number of benzene rings is 3. The molecule has 0 radical (unpaired) electrons. The van der Waals surface area contributed by atoms with Crippen molar-refractivity contribution in [2.75, 3.05) is 0 Å². The zero-order chi connectivity index (χ0) is 17.6. The summed E-state index contributed by atoms with van der Waals surface area (Å²) >= 11 is 3.48. The van der Waals surface area contributed by atoms with Crippen LogP contribution in [0.25, 0.3) is 21.8 Å². The Labute approximate surface area is 152 Å². The number of fused-ring (bicyclic) bond motifs is 3. The summed E-state index contributed by atoms with van der Waals surface area (Å²) in [6.45, 7) is 0.561. The first-order valence-corrected chi connectivity index (χ1v) is 8.58. The third kappa shape index (κ3) is 2.70. The van der Waals surface area contributed by atoms with E-state index in [0.717, 1.165) is 31.8 Å². The molecule has 3 nitrogen and oxygen atoms in total. The van der Waals surface area contributed by atoms with Crippen LogP contribution in [0.2, 0.25) is 0 Å². The number of carbonyl (C=O) groups excluding carboxylic acids is 1. The maximum absolute atomic E-state index is 13.9. The molecule has 0 fully saturated rings. The maximum atomic E-state index is 13.9. The molecule has 0 spiro atoms. The standard InChI is InChI=1S/C20H14BrFN2O/c21-13-4-1-3-12(9-13)11-24-17-6-2-5-16(20(23)25)19(17)15-8-7-14(22)10-18(15)24/h1-10H,11H2,(H2,23,25). The number of carbonyl (C=O) groups is 1. The van der Waals surface area contributed by atoms with Crippen molar-refractivity contribution in [3.8, 4) is 0 Å². The Kier molecular flexibility index (Phi) is 3.81. The maximum Gasteiger partial charge on any atom is 0.249 e. The number of primary amides is 1. The summed E-state index contributed by atoms with van der Waals surface area (Å²) in [6.07, 6.45) is 0. The molecule has 25 heavy (non-hydrogen) atoms. The molecule has 0 bridgehead atoms. The van der Waals surface area contributed by atoms with Crippen LogP contribution in [0.1, 0.15) is 15.9 Å². The summed E-state index contributed by atoms with van der Waals surface area (Å²) < 4.78 is 16.9. The predicted octanol–water partition coefficient (Wildman–Crippen LogP) is 4.84. The summed E-state index contributed by atoms with van der Waals surface area (Å²) in [5.74, 6) is -0.803. The second-order valence-corrected chi connectivity index (χ2v) is 6.86. The van der Waals surface area contributed by atoms with Crippen molar-refractivity contribution in [3.63, 3.8) is 0 Å². The van der Waals surface area contributed by atoms with E-state index in [1.807, 2.05) is 34.9 Å². The highest BCUT2D eigenvalue weighted by molar-refractivity contribution is 9.10. The van der Waals surface area contributed by atoms with Crippen molar-refractivity contribution in [2.24, 2.45) is 5.73 Å². The molecule has 0 saturated carbocycles. The molecule has 0 unspecified atom stereocenters. The Morgan fingerprint density at radius 1 is 1.04 bits per heavy atom. The molecule has 0 atom stereocenters. The second-order valence-electron chi connectivity index (χ2n) is 5.94. The molecule has 0 aliphatic rings. The minimum absolute atomic E-state index is 0.313. The summed E-state index contributed by atoms with van der Waals surface area (Å²) in [5.41, 5.74) is 8.67. The van der Waals surface area contributed by atoms with Crippen molar-refractivity contribution >= 4 is 43.6 Å². The van der Waals surface area contributed by atoms with Gasteiger partial charge in [-0.25, -0.2) is 4.39 Å². The zero-order valence-corrected chi connectivity index (χ0v) is 14.8. The van der Waals surface area contributed by atoms with Gasteiger partial charge in [0.15, 0.2) is 0 Å². The molecule has 1 aromatic heterocycles. The molecule has 3 aromatic carbocycles. The third-order valence-corrected chi connectivity index (χ3v) is 4.84. The van der Waals surface area contributed by atoms with Crippen molar-refractivity contribution in [1.29, 1.82) is 0 Å². The van der Waals surface area contributed by atoms with Gasteiger partial charge in [-0.1, -0.05) is 34.1 Å². The number of hydrogen-bond donors (Lipinski definition) is 1. The molecule has 5 heteroatoms. The highest BCUT2D eigenvalue weighted by atomic mass is 79.9. The van der Waals surface area contributed by atoms with E-state index < -0.39 is 5.91 Å². The Morgan fingerprint density at radius 2 is 1.84 bits per heavy atom. The Balaban J connectivity index is 2.06. The van der Waals surface area contributed by atoms with Gasteiger partial charge < -0.3 is 10.3 Å². The quantitative estimate of drug-likeness (QED) is 0.528. The Hall–Kier alpha value is -2.66. The molecular formula is C20H14BrFN2O. The van der Waals surface area contributed by atoms with E-state index in [1.54, 1.807) is 18.2 Å². The van der Waals surface area contributed by atoms with Gasteiger partial charge in [0, 0.05) is 27.4 Å². The van der Waals surface area contributed by atoms with Crippen LogP contribution in [-0.2, 0) is 6.54 Å². The van der Waals surface area contributed by atoms with E-state index in [4.69, 9.17) is 5.73 Å². The molecule has 4 rings (SSSR count). The normalized spacial score (nSPS) is 11.3. The first kappa shape index (κ1) is 15.8. The lowest BCUT2D eigenvalue weighted by atomic mass is 10.1. The van der Waals surface area contributed by atoms with Gasteiger partial charge in [0.1, 0.15) is 5.82 Å². The fraction of sp³-hybridized carbons (Fsp3) is 0.0500. The fourth-order valence-corrected chi connectivity index (χ4v) is 3.76. The lowest BCUT2D eigenvalue weighted by Gasteiger charge is -2.08. The first-order chi connectivity index (χ1) is 12.0. The van der Waals surface area contributed by atoms with E-state index in [0.29, 0.717) is 12.1 Å². The van der Waals surface area contributed by atoms with E-state index in [1.165, 1.54) is 12.1 Å². The lowest BCUT2D eigenvalue weighted by Crippen LogP contribution is -2.11. The number of rotatable bonds is 3. The van der Waals surface area contributed by atoms with E-state index >= 15 is 0 Å². The average Bonchev–Trinajstić information content (AvgIpc) is 2.88. The molecule has 0 aliphatic carbocycles. The minimum Gasteiger partial charge on any atom is -0.366 e. The molecule has 4 aromatic rings. The molecule has 1 heterocycles. The molecule has 124 valence electrons. The van der Waals surface area contributed by atoms with Gasteiger partial charge in [0.25, 0.3) is 0 Å². The lowest BCUT2D eigenvalue weighted by molar-refractivity contribution is 0.100. The molecule has 0 saturated heterocycles. The van der Waals surface area contributed by atoms with Gasteiger partial charge in [-0.2, -0.15) is 0 Å². The first-order valence-electron chi connectivity index (χ1n) is 7.79. The van der Waals surface area contributed by atoms with Gasteiger partial charge in [0.2, 0.25) is 5.91 Å². The minimum atomic E-state index is -0.489. The topological polar surface area (TPSA) is 48.0 Å². The van der Waals surface area contributed by atoms with Gasteiger partial charge in [-0.15, -0.1) is 0 Å². The van der Waals surface area contributed by atoms with Crippen LogP contribution in [0.3, 0.4) is 0 Å². The number of hydrogen-bond acceptors (Lipinski definition) is 1. The number of halogens is 2. The van der Waals surface area contributed by atoms with Gasteiger partial charge in [-0.05, 0) is 48.0 Å². The summed E-state index contributed by atoms with van der Waals surface area (Å²) in [4.78, 5) is 11.9. The molecule has 1 amide bonds. The van der Waals surface area contributed by atoms with Gasteiger partial charge >= 0.3 is 0 Å². The highest BCUT2D eigenvalue weighted by Gasteiger charge is 2.17. The Morgan fingerprint density at radius 3 is 2.60 bits per heavy atom. The summed E-state index contributed by atoms with van der Waals surface area (Å²) in [6, 6.07) is 18.0. The monoisotopic (exact) mass is 396 g/mol. The van der Waals surface area contributed by atoms with Crippen LogP contribution in [0, 0.1) is 5.82 Å². The number of amides is 1. The van der Waals surface area contributed by atoms with Crippen LogP contribution in [0.4, 0.5) is 4.39 Å². The zero-order valence-electron chi connectivity index (χ0n) is 13.2. The van der Waals surface area contributed by atoms with Gasteiger partial charge in [0.05, 0.1) is 11.0 Å². The second kappa shape index (κ2) is 6.01. The van der Waals surface area contributed by atoms with Crippen LogP contribution < -0.4 is 5.73 Å². The van der Waals surface area contributed by atoms with Crippen molar-refractivity contribution in [2.45, 2.75) is 6.54 Å². The Bertz CT molecular complexity index is 1130. The highest BCUT2D eigenvalue weighted by Crippen LogP contribution is 2.33. The van der Waals surface area contributed by atoms with E-state index in [9.17, 15) is 9.18 Å².